The first kappa shape index (κ1) is 14.9. The lowest BCUT2D eigenvalue weighted by Crippen LogP contribution is -2.28. The number of ether oxygens (including phenoxy) is 1. The van der Waals surface area contributed by atoms with Gasteiger partial charge in [-0.05, 0) is 30.9 Å². The molecular formula is C12H16BrClFNO. The van der Waals surface area contributed by atoms with Crippen LogP contribution in [0.1, 0.15) is 24.4 Å². The van der Waals surface area contributed by atoms with Crippen molar-refractivity contribution >= 4 is 28.3 Å². The molecule has 0 aromatic heterocycles. The lowest BCUT2D eigenvalue weighted by Gasteiger charge is -2.28. The van der Waals surface area contributed by atoms with Crippen LogP contribution < -0.4 is 5.73 Å². The summed E-state index contributed by atoms with van der Waals surface area (Å²) in [5.41, 5.74) is 6.72. The zero-order valence-corrected chi connectivity index (χ0v) is 11.8. The molecule has 0 bridgehead atoms. The maximum absolute atomic E-state index is 13.7. The smallest absolute Gasteiger partial charge is 0.129 e. The van der Waals surface area contributed by atoms with Crippen molar-refractivity contribution in [3.8, 4) is 0 Å². The van der Waals surface area contributed by atoms with E-state index in [0.717, 1.165) is 30.5 Å². The summed E-state index contributed by atoms with van der Waals surface area (Å²) in [6, 6.07) is 4.84. The van der Waals surface area contributed by atoms with E-state index in [1.807, 2.05) is 6.07 Å². The van der Waals surface area contributed by atoms with E-state index in [1.165, 1.54) is 6.07 Å². The van der Waals surface area contributed by atoms with E-state index in [-0.39, 0.29) is 24.3 Å². The second-order valence-corrected chi connectivity index (χ2v) is 5.06. The quantitative estimate of drug-likeness (QED) is 0.904. The maximum atomic E-state index is 13.7. The van der Waals surface area contributed by atoms with Gasteiger partial charge < -0.3 is 10.5 Å². The highest BCUT2D eigenvalue weighted by Crippen LogP contribution is 2.30. The summed E-state index contributed by atoms with van der Waals surface area (Å²) in [6.07, 6.45) is 1.83. The fourth-order valence-corrected chi connectivity index (χ4v) is 2.43. The highest BCUT2D eigenvalue weighted by molar-refractivity contribution is 9.10. The van der Waals surface area contributed by atoms with Gasteiger partial charge in [-0.15, -0.1) is 12.4 Å². The van der Waals surface area contributed by atoms with Crippen LogP contribution in [0.5, 0.6) is 0 Å². The fraction of sp³-hybridized carbons (Fsp3) is 0.500. The van der Waals surface area contributed by atoms with Crippen LogP contribution in [-0.4, -0.2) is 13.2 Å². The molecule has 0 spiro atoms. The predicted molar refractivity (Wildman–Crippen MR) is 71.8 cm³/mol. The van der Waals surface area contributed by atoms with E-state index in [2.05, 4.69) is 15.9 Å². The van der Waals surface area contributed by atoms with Crippen LogP contribution in [0.25, 0.3) is 0 Å². The summed E-state index contributed by atoms with van der Waals surface area (Å²) in [5.74, 6) is 0.0952. The minimum atomic E-state index is -0.228. The van der Waals surface area contributed by atoms with Gasteiger partial charge >= 0.3 is 0 Å². The van der Waals surface area contributed by atoms with Crippen molar-refractivity contribution in [1.82, 2.24) is 0 Å². The molecule has 0 unspecified atom stereocenters. The number of benzene rings is 1. The zero-order valence-electron chi connectivity index (χ0n) is 9.36. The predicted octanol–water partition coefficient (Wildman–Crippen LogP) is 3.44. The summed E-state index contributed by atoms with van der Waals surface area (Å²) in [7, 11) is 0. The Labute approximate surface area is 115 Å². The van der Waals surface area contributed by atoms with Crippen LogP contribution in [0.15, 0.2) is 22.7 Å². The van der Waals surface area contributed by atoms with Crippen LogP contribution in [0, 0.1) is 11.7 Å². The van der Waals surface area contributed by atoms with Crippen molar-refractivity contribution in [2.75, 3.05) is 13.2 Å². The Morgan fingerprint density at radius 3 is 2.59 bits per heavy atom. The van der Waals surface area contributed by atoms with Gasteiger partial charge in [0.2, 0.25) is 0 Å². The van der Waals surface area contributed by atoms with Gasteiger partial charge in [-0.3, -0.25) is 0 Å². The number of rotatable bonds is 2. The molecule has 1 fully saturated rings. The lowest BCUT2D eigenvalue weighted by molar-refractivity contribution is 0.0580. The standard InChI is InChI=1S/C12H15BrFNO.ClH/c13-9-1-2-10(11(14)7-9)12(15)8-3-5-16-6-4-8;/h1-2,7-8,12H,3-6,15H2;1H/t12-;/m0./s1. The third-order valence-corrected chi connectivity index (χ3v) is 3.59. The normalized spacial score (nSPS) is 18.5. The molecule has 96 valence electrons. The number of nitrogens with two attached hydrogens (primary N) is 1. The summed E-state index contributed by atoms with van der Waals surface area (Å²) < 4.78 is 19.7. The van der Waals surface area contributed by atoms with E-state index in [4.69, 9.17) is 10.5 Å². The van der Waals surface area contributed by atoms with E-state index in [1.54, 1.807) is 6.07 Å². The molecule has 0 aliphatic carbocycles. The number of hydrogen-bond acceptors (Lipinski definition) is 2. The minimum absolute atomic E-state index is 0. The van der Waals surface area contributed by atoms with E-state index in [9.17, 15) is 4.39 Å². The molecule has 1 heterocycles. The first-order valence-electron chi connectivity index (χ1n) is 5.47. The lowest BCUT2D eigenvalue weighted by atomic mass is 9.87. The van der Waals surface area contributed by atoms with Gasteiger partial charge in [0.25, 0.3) is 0 Å². The molecule has 1 aliphatic heterocycles. The van der Waals surface area contributed by atoms with Crippen molar-refractivity contribution in [3.63, 3.8) is 0 Å². The summed E-state index contributed by atoms with van der Waals surface area (Å²) >= 11 is 3.24. The number of halogens is 3. The molecule has 0 radical (unpaired) electrons. The fourth-order valence-electron chi connectivity index (χ4n) is 2.10. The molecule has 0 amide bonds. The Balaban J connectivity index is 0.00000144. The molecule has 2 N–H and O–H groups in total. The van der Waals surface area contributed by atoms with Gasteiger partial charge in [0.05, 0.1) is 0 Å². The highest BCUT2D eigenvalue weighted by atomic mass is 79.9. The van der Waals surface area contributed by atoms with E-state index < -0.39 is 0 Å². The Morgan fingerprint density at radius 1 is 1.35 bits per heavy atom. The molecule has 1 saturated heterocycles. The van der Waals surface area contributed by atoms with Crippen LogP contribution in [0.3, 0.4) is 0 Å². The largest absolute Gasteiger partial charge is 0.381 e. The molecule has 1 atom stereocenters. The van der Waals surface area contributed by atoms with Crippen molar-refractivity contribution in [1.29, 1.82) is 0 Å². The monoisotopic (exact) mass is 323 g/mol. The molecule has 1 aliphatic rings. The summed E-state index contributed by atoms with van der Waals surface area (Å²) in [6.45, 7) is 1.47. The first-order valence-corrected chi connectivity index (χ1v) is 6.26. The summed E-state index contributed by atoms with van der Waals surface area (Å²) in [4.78, 5) is 0. The first-order chi connectivity index (χ1) is 7.68. The SMILES string of the molecule is Cl.N[C@H](c1ccc(Br)cc1F)C1CCOCC1. The molecule has 17 heavy (non-hydrogen) atoms. The zero-order chi connectivity index (χ0) is 11.5. The Kier molecular flexibility index (Phi) is 5.86. The molecule has 1 aromatic rings. The van der Waals surface area contributed by atoms with Crippen molar-refractivity contribution in [3.05, 3.63) is 34.1 Å². The second kappa shape index (κ2) is 6.69. The molecule has 2 nitrogen and oxygen atoms in total. The average molecular weight is 325 g/mol. The van der Waals surface area contributed by atoms with Gasteiger partial charge in [0.15, 0.2) is 0 Å². The van der Waals surface area contributed by atoms with Crippen LogP contribution in [0.4, 0.5) is 4.39 Å². The van der Waals surface area contributed by atoms with Gasteiger partial charge in [0, 0.05) is 29.3 Å². The molecular weight excluding hydrogens is 308 g/mol. The van der Waals surface area contributed by atoms with Gasteiger partial charge in [-0.25, -0.2) is 4.39 Å². The highest BCUT2D eigenvalue weighted by Gasteiger charge is 2.24. The third-order valence-electron chi connectivity index (χ3n) is 3.10. The second-order valence-electron chi connectivity index (χ2n) is 4.14. The van der Waals surface area contributed by atoms with Gasteiger partial charge in [-0.1, -0.05) is 22.0 Å². The van der Waals surface area contributed by atoms with E-state index in [0.29, 0.717) is 11.5 Å². The molecule has 1 aromatic carbocycles. The Morgan fingerprint density at radius 2 is 2.00 bits per heavy atom. The van der Waals surface area contributed by atoms with Crippen molar-refractivity contribution in [2.24, 2.45) is 11.7 Å². The number of hydrogen-bond donors (Lipinski definition) is 1. The Bertz CT molecular complexity index is 372. The van der Waals surface area contributed by atoms with Crippen molar-refractivity contribution < 1.29 is 9.13 Å². The topological polar surface area (TPSA) is 35.2 Å². The molecule has 2 rings (SSSR count). The minimum Gasteiger partial charge on any atom is -0.381 e. The van der Waals surface area contributed by atoms with Crippen LogP contribution >= 0.6 is 28.3 Å². The molecule has 0 saturated carbocycles. The Hall–Kier alpha value is -0.160. The maximum Gasteiger partial charge on any atom is 0.129 e. The molecule has 5 heteroatoms. The van der Waals surface area contributed by atoms with Crippen molar-refractivity contribution in [2.45, 2.75) is 18.9 Å². The average Bonchev–Trinajstić information content (AvgIpc) is 2.29. The van der Waals surface area contributed by atoms with Crippen LogP contribution in [0.2, 0.25) is 0 Å². The third kappa shape index (κ3) is 3.65. The van der Waals surface area contributed by atoms with Gasteiger partial charge in [-0.2, -0.15) is 0 Å². The van der Waals surface area contributed by atoms with E-state index >= 15 is 0 Å². The van der Waals surface area contributed by atoms with Crippen LogP contribution in [-0.2, 0) is 4.74 Å². The summed E-state index contributed by atoms with van der Waals surface area (Å²) in [5, 5.41) is 0. The van der Waals surface area contributed by atoms with Gasteiger partial charge in [0.1, 0.15) is 5.82 Å².